The van der Waals surface area contributed by atoms with Crippen LogP contribution < -0.4 is 0 Å². The summed E-state index contributed by atoms with van der Waals surface area (Å²) in [5.41, 5.74) is 1.76. The second-order valence-electron chi connectivity index (χ2n) is 2.46. The van der Waals surface area contributed by atoms with E-state index in [4.69, 9.17) is 8.85 Å². The molecule has 0 aromatic heterocycles. The third kappa shape index (κ3) is 4.01. The molecule has 0 aliphatic carbocycles. The van der Waals surface area contributed by atoms with Crippen LogP contribution in [-0.4, -0.2) is 15.2 Å². The highest BCUT2D eigenvalue weighted by Crippen LogP contribution is 2.11. The molecule has 0 heterocycles. The molecule has 0 saturated heterocycles. The zero-order valence-corrected chi connectivity index (χ0v) is 8.52. The predicted molar refractivity (Wildman–Crippen MR) is 49.3 cm³/mol. The summed E-state index contributed by atoms with van der Waals surface area (Å²) in [6, 6.07) is 0. The highest BCUT2D eigenvalue weighted by Gasteiger charge is 2.28. The second kappa shape index (κ2) is 4.36. The van der Waals surface area contributed by atoms with Crippen LogP contribution in [0, 0.1) is 0 Å². The Bertz CT molecular complexity index is 156. The van der Waals surface area contributed by atoms with E-state index in [1.54, 1.807) is 5.70 Å². The van der Waals surface area contributed by atoms with Crippen molar-refractivity contribution >= 4 is 8.56 Å². The fraction of sp³-hybridized carbons (Fsp3) is 0.500. The normalized spacial score (nSPS) is 15.2. The minimum Gasteiger partial charge on any atom is -0.522 e. The van der Waals surface area contributed by atoms with E-state index in [2.05, 4.69) is 13.2 Å². The van der Waals surface area contributed by atoms with Crippen LogP contribution in [-0.2, 0) is 8.85 Å². The average molecular weight is 172 g/mol. The molecule has 0 fully saturated rings. The number of hydrogen-bond acceptors (Lipinski definition) is 2. The van der Waals surface area contributed by atoms with Crippen LogP contribution in [0.4, 0.5) is 0 Å². The molecule has 0 spiro atoms. The van der Waals surface area contributed by atoms with Gasteiger partial charge in [-0.15, -0.1) is 6.58 Å². The Hall–Kier alpha value is -0.543. The van der Waals surface area contributed by atoms with Crippen molar-refractivity contribution in [2.24, 2.45) is 0 Å². The fourth-order valence-corrected chi connectivity index (χ4v) is 2.29. The van der Waals surface area contributed by atoms with E-state index in [0.717, 1.165) is 0 Å². The molecule has 0 bridgehead atoms. The lowest BCUT2D eigenvalue weighted by atomic mass is 10.7. The van der Waals surface area contributed by atoms with E-state index in [0.29, 0.717) is 12.4 Å². The summed E-state index contributed by atoms with van der Waals surface area (Å²) < 4.78 is 10.9. The first kappa shape index (κ1) is 10.5. The van der Waals surface area contributed by atoms with E-state index < -0.39 is 8.56 Å². The molecule has 0 saturated carbocycles. The summed E-state index contributed by atoms with van der Waals surface area (Å²) in [6.45, 7) is 13.7. The molecule has 0 rings (SSSR count). The first-order valence-electron chi connectivity index (χ1n) is 3.66. The van der Waals surface area contributed by atoms with Crippen molar-refractivity contribution in [3.63, 3.8) is 0 Å². The van der Waals surface area contributed by atoms with Crippen LogP contribution in [0.2, 0.25) is 6.55 Å². The number of allylic oxidation sites excluding steroid dienone is 1. The van der Waals surface area contributed by atoms with E-state index in [1.165, 1.54) is 0 Å². The van der Waals surface area contributed by atoms with Crippen molar-refractivity contribution in [3.8, 4) is 0 Å². The average Bonchev–Trinajstić information content (AvgIpc) is 1.87. The Balaban J connectivity index is 4.09. The first-order chi connectivity index (χ1) is 5.04. The topological polar surface area (TPSA) is 18.5 Å². The van der Waals surface area contributed by atoms with Crippen molar-refractivity contribution < 1.29 is 8.85 Å². The first-order valence-corrected chi connectivity index (χ1v) is 6.05. The van der Waals surface area contributed by atoms with E-state index in [9.17, 15) is 0 Å². The molecule has 0 aromatic rings. The molecule has 11 heavy (non-hydrogen) atoms. The summed E-state index contributed by atoms with van der Waals surface area (Å²) in [5, 5.41) is 0. The molecule has 0 amide bonds. The third-order valence-electron chi connectivity index (χ3n) is 1.18. The van der Waals surface area contributed by atoms with Gasteiger partial charge in [-0.2, -0.15) is 0 Å². The van der Waals surface area contributed by atoms with Gasteiger partial charge < -0.3 is 8.85 Å². The lowest BCUT2D eigenvalue weighted by Gasteiger charge is -2.23. The number of hydrogen-bond donors (Lipinski definition) is 0. The van der Waals surface area contributed by atoms with E-state index >= 15 is 0 Å². The van der Waals surface area contributed by atoms with Gasteiger partial charge in [0.05, 0.1) is 5.76 Å². The van der Waals surface area contributed by atoms with Gasteiger partial charge in [0.25, 0.3) is 0 Å². The molecule has 0 aliphatic rings. The SMILES string of the molecule is C=C[Si](C)(OCC)OC(=C)C. The van der Waals surface area contributed by atoms with E-state index in [-0.39, 0.29) is 0 Å². The maximum absolute atomic E-state index is 5.43. The minimum atomic E-state index is -2.12. The molecule has 0 aromatic carbocycles. The van der Waals surface area contributed by atoms with Crippen LogP contribution in [0.1, 0.15) is 13.8 Å². The molecule has 0 N–H and O–H groups in total. The zero-order chi connectivity index (χ0) is 8.91. The second-order valence-corrected chi connectivity index (χ2v) is 5.39. The van der Waals surface area contributed by atoms with Crippen molar-refractivity contribution in [2.75, 3.05) is 6.61 Å². The Kier molecular flexibility index (Phi) is 4.14. The van der Waals surface area contributed by atoms with Crippen LogP contribution in [0.3, 0.4) is 0 Å². The van der Waals surface area contributed by atoms with Gasteiger partial charge in [0, 0.05) is 6.61 Å². The Morgan fingerprint density at radius 1 is 1.64 bits per heavy atom. The van der Waals surface area contributed by atoms with E-state index in [1.807, 2.05) is 20.4 Å². The standard InChI is InChI=1S/C8H16O2Si/c1-6-9-11(5,7-2)10-8(3)4/h7H,2-3,6H2,1,4-5H3. The van der Waals surface area contributed by atoms with Crippen molar-refractivity contribution in [1.29, 1.82) is 0 Å². The van der Waals surface area contributed by atoms with Gasteiger partial charge in [0.2, 0.25) is 0 Å². The van der Waals surface area contributed by atoms with Crippen LogP contribution >= 0.6 is 0 Å². The van der Waals surface area contributed by atoms with Gasteiger partial charge in [-0.05, 0) is 26.1 Å². The van der Waals surface area contributed by atoms with Crippen molar-refractivity contribution in [1.82, 2.24) is 0 Å². The summed E-state index contributed by atoms with van der Waals surface area (Å²) in [6.07, 6.45) is 0. The fourth-order valence-electron chi connectivity index (χ4n) is 0.763. The van der Waals surface area contributed by atoms with Crippen molar-refractivity contribution in [3.05, 3.63) is 24.6 Å². The summed E-state index contributed by atoms with van der Waals surface area (Å²) in [4.78, 5) is 0. The molecular formula is C8H16O2Si. The monoisotopic (exact) mass is 172 g/mol. The van der Waals surface area contributed by atoms with Gasteiger partial charge >= 0.3 is 8.56 Å². The summed E-state index contributed by atoms with van der Waals surface area (Å²) in [7, 11) is -2.12. The molecule has 2 nitrogen and oxygen atoms in total. The molecule has 64 valence electrons. The largest absolute Gasteiger partial charge is 0.522 e. The van der Waals surface area contributed by atoms with Gasteiger partial charge in [-0.1, -0.05) is 6.58 Å². The quantitative estimate of drug-likeness (QED) is 0.468. The van der Waals surface area contributed by atoms with Gasteiger partial charge in [-0.3, -0.25) is 0 Å². The summed E-state index contributed by atoms with van der Waals surface area (Å²) >= 11 is 0. The molecule has 1 atom stereocenters. The highest BCUT2D eigenvalue weighted by molar-refractivity contribution is 6.71. The van der Waals surface area contributed by atoms with Gasteiger partial charge in [-0.25, -0.2) is 0 Å². The maximum Gasteiger partial charge on any atom is 0.422 e. The van der Waals surface area contributed by atoms with Gasteiger partial charge in [0.1, 0.15) is 0 Å². The maximum atomic E-state index is 5.43. The zero-order valence-electron chi connectivity index (χ0n) is 7.52. The predicted octanol–water partition coefficient (Wildman–Crippen LogP) is 2.37. The van der Waals surface area contributed by atoms with Crippen LogP contribution in [0.25, 0.3) is 0 Å². The molecule has 3 heteroatoms. The highest BCUT2D eigenvalue weighted by atomic mass is 28.4. The third-order valence-corrected chi connectivity index (χ3v) is 3.54. The van der Waals surface area contributed by atoms with Crippen LogP contribution in [0.15, 0.2) is 24.6 Å². The van der Waals surface area contributed by atoms with Gasteiger partial charge in [0.15, 0.2) is 0 Å². The smallest absolute Gasteiger partial charge is 0.422 e. The molecular weight excluding hydrogens is 156 g/mol. The Labute approximate surface area is 69.8 Å². The van der Waals surface area contributed by atoms with Crippen molar-refractivity contribution in [2.45, 2.75) is 20.4 Å². The minimum absolute atomic E-state index is 0.655. The van der Waals surface area contributed by atoms with Crippen LogP contribution in [0.5, 0.6) is 0 Å². The lowest BCUT2D eigenvalue weighted by molar-refractivity contribution is 0.235. The molecule has 0 aliphatic heterocycles. The summed E-state index contributed by atoms with van der Waals surface area (Å²) in [5.74, 6) is 0.688. The number of rotatable bonds is 5. The molecule has 0 radical (unpaired) electrons. The Morgan fingerprint density at radius 3 is 2.45 bits per heavy atom. The lowest BCUT2D eigenvalue weighted by Crippen LogP contribution is -2.35. The Morgan fingerprint density at radius 2 is 2.18 bits per heavy atom. The molecule has 1 unspecified atom stereocenters.